The summed E-state index contributed by atoms with van der Waals surface area (Å²) in [4.78, 5) is 32.7. The Hall–Kier alpha value is -5.12. The smallest absolute Gasteiger partial charge is 0.410 e. The summed E-state index contributed by atoms with van der Waals surface area (Å²) >= 11 is 0. The highest BCUT2D eigenvalue weighted by molar-refractivity contribution is 5.80. The fraction of sp³-hybridized carbons (Fsp3) is 0.342. The predicted molar refractivity (Wildman–Crippen MR) is 183 cm³/mol. The third kappa shape index (κ3) is 7.22. The number of carbonyl (C=O) groups is 1. The molecule has 6 rings (SSSR count). The van der Waals surface area contributed by atoms with E-state index in [4.69, 9.17) is 19.2 Å². The molecule has 1 fully saturated rings. The summed E-state index contributed by atoms with van der Waals surface area (Å²) in [6, 6.07) is 28.7. The minimum atomic E-state index is -1.28. The van der Waals surface area contributed by atoms with Crippen LogP contribution in [-0.2, 0) is 24.5 Å². The molecule has 0 saturated carbocycles. The molecule has 5 aromatic rings. The van der Waals surface area contributed by atoms with Gasteiger partial charge in [-0.05, 0) is 69.0 Å². The Balaban J connectivity index is 1.32. The summed E-state index contributed by atoms with van der Waals surface area (Å²) in [6.07, 6.45) is -1.35. The van der Waals surface area contributed by atoms with E-state index >= 15 is 4.39 Å². The van der Waals surface area contributed by atoms with E-state index in [2.05, 4.69) is 0 Å². The van der Waals surface area contributed by atoms with Gasteiger partial charge in [0, 0.05) is 25.1 Å². The van der Waals surface area contributed by atoms with E-state index in [1.54, 1.807) is 42.0 Å². The number of ether oxygens (including phenoxy) is 3. The maximum absolute atomic E-state index is 15.6. The van der Waals surface area contributed by atoms with E-state index in [0.717, 1.165) is 16.7 Å². The minimum Gasteiger partial charge on any atom is -0.473 e. The van der Waals surface area contributed by atoms with Gasteiger partial charge in [0.2, 0.25) is 11.8 Å². The molecule has 2 atom stereocenters. The quantitative estimate of drug-likeness (QED) is 0.165. The zero-order chi connectivity index (χ0) is 33.8. The monoisotopic (exact) mass is 652 g/mol. The topological polar surface area (TPSA) is 87.8 Å². The summed E-state index contributed by atoms with van der Waals surface area (Å²) < 4.78 is 36.6. The number of hydrogen-bond acceptors (Lipinski definition) is 6. The Bertz CT molecular complexity index is 1930. The molecule has 1 aliphatic rings. The molecule has 0 bridgehead atoms. The lowest BCUT2D eigenvalue weighted by molar-refractivity contribution is 0.0111. The number of rotatable bonds is 9. The maximum Gasteiger partial charge on any atom is 0.410 e. The Morgan fingerprint density at radius 1 is 0.896 bits per heavy atom. The first-order valence-electron chi connectivity index (χ1n) is 16.3. The van der Waals surface area contributed by atoms with Gasteiger partial charge < -0.3 is 19.1 Å². The summed E-state index contributed by atoms with van der Waals surface area (Å²) in [7, 11) is 0. The van der Waals surface area contributed by atoms with Crippen LogP contribution in [0, 0.1) is 0 Å². The number of benzene rings is 3. The molecule has 3 aromatic carbocycles. The normalized spacial score (nSPS) is 16.6. The van der Waals surface area contributed by atoms with E-state index in [9.17, 15) is 9.59 Å². The molecule has 0 N–H and O–H groups in total. The zero-order valence-electron chi connectivity index (χ0n) is 27.8. The number of carbonyl (C=O) groups excluding carboxylic acids is 1. The molecule has 3 heterocycles. The van der Waals surface area contributed by atoms with Gasteiger partial charge in [-0.25, -0.2) is 14.0 Å². The average molecular weight is 653 g/mol. The van der Waals surface area contributed by atoms with Crippen molar-refractivity contribution in [2.75, 3.05) is 13.1 Å². The van der Waals surface area contributed by atoms with E-state index in [0.29, 0.717) is 48.7 Å². The predicted octanol–water partition coefficient (Wildman–Crippen LogP) is 7.43. The van der Waals surface area contributed by atoms with Gasteiger partial charge in [-0.2, -0.15) is 4.98 Å². The molecular formula is C38H41FN4O5. The lowest BCUT2D eigenvalue weighted by Crippen LogP contribution is -2.46. The van der Waals surface area contributed by atoms with Gasteiger partial charge in [0.05, 0.1) is 17.6 Å². The van der Waals surface area contributed by atoms with E-state index in [1.807, 2.05) is 85.8 Å². The van der Waals surface area contributed by atoms with E-state index in [-0.39, 0.29) is 24.7 Å². The number of aryl methyl sites for hydroxylation is 1. The van der Waals surface area contributed by atoms with Crippen molar-refractivity contribution in [1.82, 2.24) is 19.0 Å². The van der Waals surface area contributed by atoms with Crippen LogP contribution in [0.4, 0.5) is 9.18 Å². The first-order valence-corrected chi connectivity index (χ1v) is 16.3. The van der Waals surface area contributed by atoms with E-state index < -0.39 is 23.8 Å². The molecule has 0 spiro atoms. The van der Waals surface area contributed by atoms with Crippen LogP contribution in [0.15, 0.2) is 95.8 Å². The summed E-state index contributed by atoms with van der Waals surface area (Å²) in [5, 5.41) is 0. The van der Waals surface area contributed by atoms with Crippen molar-refractivity contribution >= 4 is 17.1 Å². The van der Waals surface area contributed by atoms with Gasteiger partial charge in [-0.1, -0.05) is 66.7 Å². The number of piperidine rings is 1. The van der Waals surface area contributed by atoms with E-state index in [1.165, 1.54) is 4.90 Å². The molecule has 9 nitrogen and oxygen atoms in total. The SMILES string of the molecule is CCn1c(=O)n(-c2ccc(OCc3ccccc3)nc2OCc2ccccc2)c2ccc([C@H]3CCN(C(=O)OC(C)(C)C)C[C@@H]3F)cc21. The largest absolute Gasteiger partial charge is 0.473 e. The second kappa shape index (κ2) is 13.9. The van der Waals surface area contributed by atoms with Crippen molar-refractivity contribution < 1.29 is 23.4 Å². The van der Waals surface area contributed by atoms with Crippen LogP contribution in [0.5, 0.6) is 11.8 Å². The number of aromatic nitrogens is 3. The van der Waals surface area contributed by atoms with Gasteiger partial charge in [0.1, 0.15) is 30.7 Å². The standard InChI is InChI=1S/C38H41FN4O5/c1-5-42-33-22-28(29-20-21-41(23-30(29)39)37(45)48-38(2,3)4)16-17-31(33)43(36(42)44)32-18-19-34(46-24-26-12-8-6-9-13-26)40-35(32)47-25-27-14-10-7-11-15-27/h6-19,22,29-30H,5,20-21,23-25H2,1-4H3/t29-,30+/m1/s1. The van der Waals surface area contributed by atoms with Gasteiger partial charge in [-0.15, -0.1) is 0 Å². The first-order chi connectivity index (χ1) is 23.1. The number of alkyl halides is 1. The highest BCUT2D eigenvalue weighted by atomic mass is 19.1. The molecular weight excluding hydrogens is 611 g/mol. The van der Waals surface area contributed by atoms with Crippen molar-refractivity contribution in [3.8, 4) is 17.4 Å². The summed E-state index contributed by atoms with van der Waals surface area (Å²) in [5.41, 5.74) is 3.62. The second-order valence-corrected chi connectivity index (χ2v) is 13.0. The molecule has 48 heavy (non-hydrogen) atoms. The molecule has 1 amide bonds. The van der Waals surface area contributed by atoms with Crippen molar-refractivity contribution in [2.45, 2.75) is 71.6 Å². The van der Waals surface area contributed by atoms with Gasteiger partial charge in [0.15, 0.2) is 0 Å². The number of fused-ring (bicyclic) bond motifs is 1. The number of imidazole rings is 1. The number of halogens is 1. The Labute approximate surface area is 279 Å². The molecule has 2 aromatic heterocycles. The lowest BCUT2D eigenvalue weighted by atomic mass is 9.88. The number of nitrogens with zero attached hydrogens (tertiary/aromatic N) is 4. The van der Waals surface area contributed by atoms with Crippen LogP contribution in [0.1, 0.15) is 56.7 Å². The van der Waals surface area contributed by atoms with Crippen molar-refractivity contribution in [3.63, 3.8) is 0 Å². The molecule has 1 aliphatic heterocycles. The molecule has 0 unspecified atom stereocenters. The van der Waals surface area contributed by atoms with Crippen LogP contribution >= 0.6 is 0 Å². The number of pyridine rings is 1. The minimum absolute atomic E-state index is 0.0499. The third-order valence-electron chi connectivity index (χ3n) is 8.39. The third-order valence-corrected chi connectivity index (χ3v) is 8.39. The Morgan fingerprint density at radius 2 is 1.56 bits per heavy atom. The number of hydrogen-bond donors (Lipinski definition) is 0. The Morgan fingerprint density at radius 3 is 2.19 bits per heavy atom. The van der Waals surface area contributed by atoms with Crippen LogP contribution in [0.2, 0.25) is 0 Å². The highest BCUT2D eigenvalue weighted by Gasteiger charge is 2.35. The fourth-order valence-corrected chi connectivity index (χ4v) is 6.04. The van der Waals surface area contributed by atoms with Gasteiger partial charge in [0.25, 0.3) is 0 Å². The summed E-state index contributed by atoms with van der Waals surface area (Å²) in [5.74, 6) is 0.195. The van der Waals surface area contributed by atoms with Crippen LogP contribution in [-0.4, -0.2) is 50.0 Å². The maximum atomic E-state index is 15.6. The number of likely N-dealkylation sites (tertiary alicyclic amines) is 1. The van der Waals surface area contributed by atoms with Crippen molar-refractivity contribution in [1.29, 1.82) is 0 Å². The zero-order valence-corrected chi connectivity index (χ0v) is 27.8. The Kier molecular flexibility index (Phi) is 9.52. The second-order valence-electron chi connectivity index (χ2n) is 13.0. The summed E-state index contributed by atoms with van der Waals surface area (Å²) in [6.45, 7) is 8.60. The molecule has 10 heteroatoms. The fourth-order valence-electron chi connectivity index (χ4n) is 6.04. The first kappa shape index (κ1) is 32.8. The van der Waals surface area contributed by atoms with Crippen LogP contribution < -0.4 is 15.2 Å². The average Bonchev–Trinajstić information content (AvgIpc) is 3.36. The van der Waals surface area contributed by atoms with Crippen molar-refractivity contribution in [2.24, 2.45) is 0 Å². The molecule has 0 radical (unpaired) electrons. The molecule has 0 aliphatic carbocycles. The molecule has 1 saturated heterocycles. The lowest BCUT2D eigenvalue weighted by Gasteiger charge is -2.35. The van der Waals surface area contributed by atoms with Crippen molar-refractivity contribution in [3.05, 3.63) is 118 Å². The highest BCUT2D eigenvalue weighted by Crippen LogP contribution is 2.34. The van der Waals surface area contributed by atoms with Crippen LogP contribution in [0.3, 0.4) is 0 Å². The van der Waals surface area contributed by atoms with Crippen LogP contribution in [0.25, 0.3) is 16.7 Å². The van der Waals surface area contributed by atoms with Gasteiger partial charge in [-0.3, -0.25) is 9.13 Å². The number of amides is 1. The molecule has 250 valence electrons. The van der Waals surface area contributed by atoms with Gasteiger partial charge >= 0.3 is 11.8 Å².